The van der Waals surface area contributed by atoms with E-state index < -0.39 is 0 Å². The van der Waals surface area contributed by atoms with E-state index in [4.69, 9.17) is 0 Å². The normalized spacial score (nSPS) is 32.7. The van der Waals surface area contributed by atoms with E-state index in [1.807, 2.05) is 6.07 Å². The van der Waals surface area contributed by atoms with Crippen LogP contribution >= 0.6 is 0 Å². The molecule has 0 saturated heterocycles. The van der Waals surface area contributed by atoms with E-state index in [9.17, 15) is 5.11 Å². The molecule has 2 aliphatic carbocycles. The molecule has 1 fully saturated rings. The lowest BCUT2D eigenvalue weighted by Crippen LogP contribution is -2.22. The van der Waals surface area contributed by atoms with Gasteiger partial charge >= 0.3 is 0 Å². The minimum atomic E-state index is 0.473. The van der Waals surface area contributed by atoms with Crippen LogP contribution < -0.4 is 5.32 Å². The minimum Gasteiger partial charge on any atom is -0.508 e. The molecule has 1 saturated carbocycles. The molecule has 3 rings (SSSR count). The molecule has 3 unspecified atom stereocenters. The molecular weight excluding hydrogens is 186 g/mol. The summed E-state index contributed by atoms with van der Waals surface area (Å²) in [5.74, 6) is 1.31. The Morgan fingerprint density at radius 3 is 2.93 bits per heavy atom. The van der Waals surface area contributed by atoms with Crippen molar-refractivity contribution in [2.45, 2.75) is 38.3 Å². The van der Waals surface area contributed by atoms with Gasteiger partial charge < -0.3 is 10.4 Å². The van der Waals surface area contributed by atoms with Crippen LogP contribution in [0.4, 0.5) is 0 Å². The molecular formula is C13H17NO. The molecule has 0 heterocycles. The van der Waals surface area contributed by atoms with Crippen LogP contribution in [0.3, 0.4) is 0 Å². The lowest BCUT2D eigenvalue weighted by atomic mass is 10.1. The lowest BCUT2D eigenvalue weighted by molar-refractivity contribution is 0.469. The summed E-state index contributed by atoms with van der Waals surface area (Å²) in [6.45, 7) is 2.29. The van der Waals surface area contributed by atoms with Crippen molar-refractivity contribution >= 4 is 0 Å². The standard InChI is InChI=1S/C13H17NO/c1-8-7-12(8)14-11-6-5-10-9(11)3-2-4-13(10)15/h2-4,8,11-12,14-15H,5-7H2,1H3. The number of aromatic hydroxyl groups is 1. The maximum absolute atomic E-state index is 9.72. The SMILES string of the molecule is CC1CC1NC1CCc2c(O)cccc21. The highest BCUT2D eigenvalue weighted by Gasteiger charge is 2.36. The number of rotatable bonds is 2. The van der Waals surface area contributed by atoms with Gasteiger partial charge in [-0.1, -0.05) is 19.1 Å². The number of fused-ring (bicyclic) bond motifs is 1. The third-order valence-corrected chi connectivity index (χ3v) is 3.77. The maximum atomic E-state index is 9.72. The van der Waals surface area contributed by atoms with E-state index in [-0.39, 0.29) is 0 Å². The molecule has 2 heteroatoms. The first-order valence-corrected chi connectivity index (χ1v) is 5.82. The summed E-state index contributed by atoms with van der Waals surface area (Å²) in [7, 11) is 0. The average molecular weight is 203 g/mol. The highest BCUT2D eigenvalue weighted by Crippen LogP contribution is 2.39. The zero-order chi connectivity index (χ0) is 10.4. The predicted molar refractivity (Wildman–Crippen MR) is 59.9 cm³/mol. The summed E-state index contributed by atoms with van der Waals surface area (Å²) in [6.07, 6.45) is 3.46. The topological polar surface area (TPSA) is 32.3 Å². The number of benzene rings is 1. The van der Waals surface area contributed by atoms with E-state index in [0.717, 1.165) is 24.3 Å². The number of phenols is 1. The van der Waals surface area contributed by atoms with Gasteiger partial charge in [0.05, 0.1) is 0 Å². The first-order chi connectivity index (χ1) is 7.25. The van der Waals surface area contributed by atoms with Crippen molar-refractivity contribution in [3.05, 3.63) is 29.3 Å². The van der Waals surface area contributed by atoms with Crippen molar-refractivity contribution in [3.63, 3.8) is 0 Å². The fourth-order valence-electron chi connectivity index (χ4n) is 2.62. The monoisotopic (exact) mass is 203 g/mol. The molecule has 80 valence electrons. The first-order valence-electron chi connectivity index (χ1n) is 5.82. The third-order valence-electron chi connectivity index (χ3n) is 3.77. The molecule has 0 radical (unpaired) electrons. The molecule has 0 aliphatic heterocycles. The summed E-state index contributed by atoms with van der Waals surface area (Å²) in [5.41, 5.74) is 2.47. The molecule has 0 aromatic heterocycles. The number of hydrogen-bond acceptors (Lipinski definition) is 2. The average Bonchev–Trinajstić information content (AvgIpc) is 2.75. The Morgan fingerprint density at radius 1 is 1.40 bits per heavy atom. The van der Waals surface area contributed by atoms with Crippen LogP contribution in [0, 0.1) is 5.92 Å². The van der Waals surface area contributed by atoms with Gasteiger partial charge in [0, 0.05) is 12.1 Å². The maximum Gasteiger partial charge on any atom is 0.119 e. The molecule has 0 bridgehead atoms. The largest absolute Gasteiger partial charge is 0.508 e. The van der Waals surface area contributed by atoms with Crippen LogP contribution in [0.5, 0.6) is 5.75 Å². The van der Waals surface area contributed by atoms with Crippen molar-refractivity contribution < 1.29 is 5.11 Å². The second-order valence-corrected chi connectivity index (χ2v) is 4.92. The van der Waals surface area contributed by atoms with Crippen LogP contribution in [-0.4, -0.2) is 11.1 Å². The highest BCUT2D eigenvalue weighted by molar-refractivity contribution is 5.44. The van der Waals surface area contributed by atoms with Crippen LogP contribution in [0.2, 0.25) is 0 Å². The van der Waals surface area contributed by atoms with Gasteiger partial charge in [0.25, 0.3) is 0 Å². The molecule has 3 atom stereocenters. The summed E-state index contributed by atoms with van der Waals surface area (Å²) in [5, 5.41) is 13.4. The molecule has 0 spiro atoms. The van der Waals surface area contributed by atoms with Gasteiger partial charge in [-0.2, -0.15) is 0 Å². The van der Waals surface area contributed by atoms with Gasteiger partial charge in [0.1, 0.15) is 5.75 Å². The van der Waals surface area contributed by atoms with Crippen molar-refractivity contribution in [2.75, 3.05) is 0 Å². The summed E-state index contributed by atoms with van der Waals surface area (Å²) >= 11 is 0. The van der Waals surface area contributed by atoms with Crippen LogP contribution in [-0.2, 0) is 6.42 Å². The molecule has 0 amide bonds. The summed E-state index contributed by atoms with van der Waals surface area (Å²) < 4.78 is 0. The Balaban J connectivity index is 1.82. The zero-order valence-electron chi connectivity index (χ0n) is 9.03. The number of nitrogens with one attached hydrogen (secondary N) is 1. The Hall–Kier alpha value is -1.02. The molecule has 1 aromatic rings. The van der Waals surface area contributed by atoms with Gasteiger partial charge in [-0.15, -0.1) is 0 Å². The summed E-state index contributed by atoms with van der Waals surface area (Å²) in [6, 6.07) is 7.07. The second-order valence-electron chi connectivity index (χ2n) is 4.92. The molecule has 1 aromatic carbocycles. The molecule has 15 heavy (non-hydrogen) atoms. The van der Waals surface area contributed by atoms with Crippen molar-refractivity contribution in [1.29, 1.82) is 0 Å². The van der Waals surface area contributed by atoms with Crippen molar-refractivity contribution in [1.82, 2.24) is 5.32 Å². The number of hydrogen-bond donors (Lipinski definition) is 2. The summed E-state index contributed by atoms with van der Waals surface area (Å²) in [4.78, 5) is 0. The Labute approximate surface area is 90.3 Å². The minimum absolute atomic E-state index is 0.473. The van der Waals surface area contributed by atoms with E-state index in [1.165, 1.54) is 12.0 Å². The smallest absolute Gasteiger partial charge is 0.119 e. The molecule has 2 nitrogen and oxygen atoms in total. The van der Waals surface area contributed by atoms with E-state index in [2.05, 4.69) is 18.3 Å². The third kappa shape index (κ3) is 1.53. The van der Waals surface area contributed by atoms with Gasteiger partial charge in [0.2, 0.25) is 0 Å². The van der Waals surface area contributed by atoms with Crippen molar-refractivity contribution in [3.8, 4) is 5.75 Å². The predicted octanol–water partition coefficient (Wildman–Crippen LogP) is 2.38. The molecule has 2 aliphatic rings. The van der Waals surface area contributed by atoms with Gasteiger partial charge in [-0.25, -0.2) is 0 Å². The Bertz CT molecular complexity index is 388. The Kier molecular flexibility index (Phi) is 1.99. The quantitative estimate of drug-likeness (QED) is 0.773. The zero-order valence-corrected chi connectivity index (χ0v) is 9.03. The molecule has 2 N–H and O–H groups in total. The van der Waals surface area contributed by atoms with Gasteiger partial charge in [-0.05, 0) is 42.4 Å². The fourth-order valence-corrected chi connectivity index (χ4v) is 2.62. The van der Waals surface area contributed by atoms with Gasteiger partial charge in [-0.3, -0.25) is 0 Å². The van der Waals surface area contributed by atoms with E-state index in [0.29, 0.717) is 17.8 Å². The van der Waals surface area contributed by atoms with Crippen LogP contribution in [0.1, 0.15) is 36.9 Å². The highest BCUT2D eigenvalue weighted by atomic mass is 16.3. The van der Waals surface area contributed by atoms with E-state index in [1.54, 1.807) is 6.07 Å². The fraction of sp³-hybridized carbons (Fsp3) is 0.538. The first kappa shape index (κ1) is 9.22. The van der Waals surface area contributed by atoms with Gasteiger partial charge in [0.15, 0.2) is 0 Å². The number of phenolic OH excluding ortho intramolecular Hbond substituents is 1. The lowest BCUT2D eigenvalue weighted by Gasteiger charge is -2.13. The second kappa shape index (κ2) is 3.24. The van der Waals surface area contributed by atoms with Crippen LogP contribution in [0.25, 0.3) is 0 Å². The van der Waals surface area contributed by atoms with Crippen LogP contribution in [0.15, 0.2) is 18.2 Å². The Morgan fingerprint density at radius 2 is 2.20 bits per heavy atom. The van der Waals surface area contributed by atoms with E-state index >= 15 is 0 Å². The van der Waals surface area contributed by atoms with Crippen molar-refractivity contribution in [2.24, 2.45) is 5.92 Å².